The Kier molecular flexibility index (Phi) is 4.48. The molecular weight excluding hydrogens is 282 g/mol. The van der Waals surface area contributed by atoms with E-state index in [4.69, 9.17) is 16.9 Å². The molecule has 0 aliphatic rings. The van der Waals surface area contributed by atoms with Gasteiger partial charge in [0.2, 0.25) is 0 Å². The minimum atomic E-state index is -0.586. The number of amides is 2. The number of hydrogen-bond donors (Lipinski definition) is 3. The quantitative estimate of drug-likeness (QED) is 0.436. The lowest BCUT2D eigenvalue weighted by Gasteiger charge is -2.18. The van der Waals surface area contributed by atoms with Crippen LogP contribution >= 0.6 is 0 Å². The van der Waals surface area contributed by atoms with Crippen LogP contribution in [-0.2, 0) is 0 Å². The van der Waals surface area contributed by atoms with Gasteiger partial charge in [-0.05, 0) is 36.4 Å². The molecule has 2 aromatic carbocycles. The zero-order chi connectivity index (χ0) is 16.1. The number of hydrogen-bond acceptors (Lipinski definition) is 5. The predicted octanol–water partition coefficient (Wildman–Crippen LogP) is 0.682. The Balaban J connectivity index is 2.35. The minimum Gasteiger partial charge on any atom is -0.290 e. The van der Waals surface area contributed by atoms with E-state index in [1.807, 2.05) is 11.5 Å². The first kappa shape index (κ1) is 15.2. The molecule has 110 valence electrons. The summed E-state index contributed by atoms with van der Waals surface area (Å²) in [5.41, 5.74) is 3.08. The molecule has 0 bridgehead atoms. The van der Waals surface area contributed by atoms with Gasteiger partial charge in [0.05, 0.1) is 28.4 Å². The highest BCUT2D eigenvalue weighted by molar-refractivity contribution is 6.12. The van der Waals surface area contributed by atoms with Crippen LogP contribution in [0.1, 0.15) is 26.3 Å². The first-order chi connectivity index (χ1) is 10.6. The Bertz CT molecular complexity index is 749. The Morgan fingerprint density at radius 1 is 1.05 bits per heavy atom. The van der Waals surface area contributed by atoms with Gasteiger partial charge in [0, 0.05) is 0 Å². The summed E-state index contributed by atoms with van der Waals surface area (Å²) in [4.78, 5) is 24.2. The van der Waals surface area contributed by atoms with Crippen LogP contribution in [0.2, 0.25) is 0 Å². The summed E-state index contributed by atoms with van der Waals surface area (Å²) in [6.07, 6.45) is 0. The van der Waals surface area contributed by atoms with Gasteiger partial charge in [0.25, 0.3) is 11.8 Å². The third-order valence-electron chi connectivity index (χ3n) is 3.03. The molecule has 0 aliphatic heterocycles. The fourth-order valence-corrected chi connectivity index (χ4v) is 1.89. The summed E-state index contributed by atoms with van der Waals surface area (Å²) in [6.45, 7) is 0. The maximum Gasteiger partial charge on any atom is 0.273 e. The highest BCUT2D eigenvalue weighted by Crippen LogP contribution is 2.17. The number of rotatable bonds is 3. The third kappa shape index (κ3) is 2.93. The molecule has 7 nitrogen and oxygen atoms in total. The van der Waals surface area contributed by atoms with Crippen LogP contribution in [0.4, 0.5) is 5.69 Å². The molecule has 2 aromatic rings. The van der Waals surface area contributed by atoms with Gasteiger partial charge in [-0.2, -0.15) is 5.26 Å². The van der Waals surface area contributed by atoms with Crippen LogP contribution in [-0.4, -0.2) is 11.8 Å². The standard InChI is InChI=1S/C15H13N5O2/c16-9-10-5-7-11(8-6-10)20(18)15(22)13-4-2-1-3-12(13)14(21)19-17/h1-8H,17-18H2,(H,19,21). The molecule has 0 radical (unpaired) electrons. The Labute approximate surface area is 126 Å². The van der Waals surface area contributed by atoms with Gasteiger partial charge in [-0.25, -0.2) is 16.7 Å². The van der Waals surface area contributed by atoms with Crippen LogP contribution in [0.3, 0.4) is 0 Å². The number of carbonyl (C=O) groups is 2. The van der Waals surface area contributed by atoms with E-state index in [0.29, 0.717) is 11.3 Å². The number of hydrazine groups is 2. The van der Waals surface area contributed by atoms with Crippen LogP contribution in [0.15, 0.2) is 48.5 Å². The molecule has 0 aliphatic carbocycles. The molecule has 22 heavy (non-hydrogen) atoms. The van der Waals surface area contributed by atoms with Gasteiger partial charge < -0.3 is 0 Å². The van der Waals surface area contributed by atoms with Crippen molar-refractivity contribution in [1.82, 2.24) is 5.43 Å². The Hall–Kier alpha value is -3.21. The average molecular weight is 295 g/mol. The molecule has 2 amide bonds. The van der Waals surface area contributed by atoms with Gasteiger partial charge in [-0.1, -0.05) is 12.1 Å². The van der Waals surface area contributed by atoms with E-state index in [1.54, 1.807) is 36.4 Å². The van der Waals surface area contributed by atoms with Gasteiger partial charge in [-0.3, -0.25) is 15.0 Å². The number of anilines is 1. The first-order valence-corrected chi connectivity index (χ1v) is 6.27. The van der Waals surface area contributed by atoms with E-state index in [-0.39, 0.29) is 11.1 Å². The van der Waals surface area contributed by atoms with E-state index >= 15 is 0 Å². The SMILES string of the molecule is N#Cc1ccc(N(N)C(=O)c2ccccc2C(=O)NN)cc1. The van der Waals surface area contributed by atoms with E-state index < -0.39 is 11.8 Å². The highest BCUT2D eigenvalue weighted by atomic mass is 16.2. The molecule has 0 saturated heterocycles. The summed E-state index contributed by atoms with van der Waals surface area (Å²) in [5, 5.41) is 9.67. The van der Waals surface area contributed by atoms with Crippen molar-refractivity contribution in [3.63, 3.8) is 0 Å². The number of carbonyl (C=O) groups excluding carboxylic acids is 2. The van der Waals surface area contributed by atoms with Crippen molar-refractivity contribution >= 4 is 17.5 Å². The maximum absolute atomic E-state index is 12.5. The van der Waals surface area contributed by atoms with Crippen LogP contribution in [0.25, 0.3) is 0 Å². The largest absolute Gasteiger partial charge is 0.290 e. The molecule has 0 fully saturated rings. The maximum atomic E-state index is 12.5. The number of nitrogens with two attached hydrogens (primary N) is 2. The van der Waals surface area contributed by atoms with E-state index in [0.717, 1.165) is 5.01 Å². The van der Waals surface area contributed by atoms with Gasteiger partial charge in [-0.15, -0.1) is 0 Å². The zero-order valence-electron chi connectivity index (χ0n) is 11.5. The number of nitriles is 1. The van der Waals surface area contributed by atoms with Gasteiger partial charge >= 0.3 is 0 Å². The summed E-state index contributed by atoms with van der Waals surface area (Å²) in [6, 6.07) is 14.3. The Morgan fingerprint density at radius 3 is 2.18 bits per heavy atom. The first-order valence-electron chi connectivity index (χ1n) is 6.27. The van der Waals surface area contributed by atoms with Crippen molar-refractivity contribution in [2.45, 2.75) is 0 Å². The van der Waals surface area contributed by atoms with Crippen molar-refractivity contribution in [3.8, 4) is 6.07 Å². The second-order valence-electron chi connectivity index (χ2n) is 4.35. The smallest absolute Gasteiger partial charge is 0.273 e. The second-order valence-corrected chi connectivity index (χ2v) is 4.35. The fraction of sp³-hybridized carbons (Fsp3) is 0. The van der Waals surface area contributed by atoms with E-state index in [2.05, 4.69) is 0 Å². The van der Waals surface area contributed by atoms with Gasteiger partial charge in [0.1, 0.15) is 0 Å². The predicted molar refractivity (Wildman–Crippen MR) is 80.2 cm³/mol. The van der Waals surface area contributed by atoms with Crippen molar-refractivity contribution in [3.05, 3.63) is 65.2 Å². The summed E-state index contributed by atoms with van der Waals surface area (Å²) >= 11 is 0. The lowest BCUT2D eigenvalue weighted by Crippen LogP contribution is -2.39. The molecule has 0 unspecified atom stereocenters. The third-order valence-corrected chi connectivity index (χ3v) is 3.03. The molecule has 0 heterocycles. The topological polar surface area (TPSA) is 125 Å². The van der Waals surface area contributed by atoms with Crippen molar-refractivity contribution in [2.75, 3.05) is 5.01 Å². The summed E-state index contributed by atoms with van der Waals surface area (Å²) in [5.74, 6) is 9.76. The molecule has 0 spiro atoms. The van der Waals surface area contributed by atoms with Gasteiger partial charge in [0.15, 0.2) is 0 Å². The lowest BCUT2D eigenvalue weighted by molar-refractivity contribution is 0.0933. The number of nitrogens with zero attached hydrogens (tertiary/aromatic N) is 2. The van der Waals surface area contributed by atoms with Crippen molar-refractivity contribution in [1.29, 1.82) is 5.26 Å². The normalized spacial score (nSPS) is 9.68. The molecule has 0 saturated carbocycles. The molecule has 5 N–H and O–H groups in total. The summed E-state index contributed by atoms with van der Waals surface area (Å²) in [7, 11) is 0. The zero-order valence-corrected chi connectivity index (χ0v) is 11.5. The summed E-state index contributed by atoms with van der Waals surface area (Å²) < 4.78 is 0. The number of benzene rings is 2. The molecule has 0 atom stereocenters. The monoisotopic (exact) mass is 295 g/mol. The molecule has 7 heteroatoms. The fourth-order valence-electron chi connectivity index (χ4n) is 1.89. The molecular formula is C15H13N5O2. The van der Waals surface area contributed by atoms with Crippen LogP contribution < -0.4 is 22.1 Å². The van der Waals surface area contributed by atoms with Crippen LogP contribution in [0.5, 0.6) is 0 Å². The minimum absolute atomic E-state index is 0.123. The Morgan fingerprint density at radius 2 is 1.64 bits per heavy atom. The molecule has 0 aromatic heterocycles. The molecule has 2 rings (SSSR count). The number of nitrogens with one attached hydrogen (secondary N) is 1. The van der Waals surface area contributed by atoms with Crippen LogP contribution in [0, 0.1) is 11.3 Å². The highest BCUT2D eigenvalue weighted by Gasteiger charge is 2.20. The number of nitrogen functional groups attached to an aromatic ring is 1. The average Bonchev–Trinajstić information content (AvgIpc) is 2.59. The van der Waals surface area contributed by atoms with E-state index in [9.17, 15) is 9.59 Å². The lowest BCUT2D eigenvalue weighted by atomic mass is 10.1. The van der Waals surface area contributed by atoms with E-state index in [1.165, 1.54) is 12.1 Å². The van der Waals surface area contributed by atoms with Crippen molar-refractivity contribution in [2.24, 2.45) is 11.7 Å². The second kappa shape index (κ2) is 6.49. The van der Waals surface area contributed by atoms with Crippen molar-refractivity contribution < 1.29 is 9.59 Å².